The van der Waals surface area contributed by atoms with Crippen molar-refractivity contribution in [2.45, 2.75) is 12.8 Å². The molecular weight excluding hydrogens is 338 g/mol. The lowest BCUT2D eigenvalue weighted by Gasteiger charge is -2.32. The Morgan fingerprint density at radius 2 is 2.00 bits per heavy atom. The van der Waals surface area contributed by atoms with Crippen LogP contribution in [0.5, 0.6) is 0 Å². The summed E-state index contributed by atoms with van der Waals surface area (Å²) in [7, 11) is 0. The van der Waals surface area contributed by atoms with Gasteiger partial charge < -0.3 is 15.0 Å². The van der Waals surface area contributed by atoms with Crippen LogP contribution in [0.15, 0.2) is 18.3 Å². The number of nitro groups is 1. The fraction of sp³-hybridized carbons (Fsp3) is 0.647. The maximum absolute atomic E-state index is 12.3. The summed E-state index contributed by atoms with van der Waals surface area (Å²) < 4.78 is 5.31. The second kappa shape index (κ2) is 8.91. The van der Waals surface area contributed by atoms with E-state index in [0.717, 1.165) is 64.6 Å². The molecule has 2 aliphatic rings. The molecule has 2 saturated heterocycles. The maximum Gasteiger partial charge on any atom is 0.287 e. The first kappa shape index (κ1) is 18.5. The Morgan fingerprint density at radius 3 is 2.62 bits per heavy atom. The molecule has 0 aromatic carbocycles. The molecule has 2 fully saturated rings. The predicted molar refractivity (Wildman–Crippen MR) is 96.1 cm³/mol. The van der Waals surface area contributed by atoms with Gasteiger partial charge in [0, 0.05) is 51.3 Å². The van der Waals surface area contributed by atoms with Crippen LogP contribution < -0.4 is 10.2 Å². The predicted octanol–water partition coefficient (Wildman–Crippen LogP) is 0.655. The number of aromatic nitrogens is 1. The molecule has 1 aromatic heterocycles. The number of hydrogen-bond acceptors (Lipinski definition) is 7. The first-order chi connectivity index (χ1) is 12.6. The van der Waals surface area contributed by atoms with Gasteiger partial charge in [0.25, 0.3) is 5.69 Å². The van der Waals surface area contributed by atoms with Gasteiger partial charge in [-0.1, -0.05) is 0 Å². The lowest BCUT2D eigenvalue weighted by molar-refractivity contribution is -0.385. The average Bonchev–Trinajstić information content (AvgIpc) is 2.69. The Labute approximate surface area is 152 Å². The van der Waals surface area contributed by atoms with Crippen LogP contribution in [-0.4, -0.2) is 73.2 Å². The van der Waals surface area contributed by atoms with E-state index in [1.807, 2.05) is 0 Å². The van der Waals surface area contributed by atoms with Gasteiger partial charge in [-0.3, -0.25) is 19.8 Å². The smallest absolute Gasteiger partial charge is 0.287 e. The number of amides is 1. The van der Waals surface area contributed by atoms with Crippen LogP contribution in [0.25, 0.3) is 0 Å². The molecule has 3 rings (SSSR count). The van der Waals surface area contributed by atoms with E-state index in [9.17, 15) is 14.9 Å². The lowest BCUT2D eigenvalue weighted by atomic mass is 9.96. The number of ether oxygens (including phenoxy) is 1. The van der Waals surface area contributed by atoms with Gasteiger partial charge in [0.2, 0.25) is 5.91 Å². The molecule has 1 N–H and O–H groups in total. The molecule has 2 aliphatic heterocycles. The van der Waals surface area contributed by atoms with Crippen molar-refractivity contribution in [2.24, 2.45) is 5.92 Å². The normalized spacial score (nSPS) is 19.3. The van der Waals surface area contributed by atoms with Gasteiger partial charge in [0.1, 0.15) is 12.0 Å². The van der Waals surface area contributed by atoms with E-state index in [0.29, 0.717) is 6.54 Å². The van der Waals surface area contributed by atoms with Crippen molar-refractivity contribution in [1.29, 1.82) is 0 Å². The highest BCUT2D eigenvalue weighted by atomic mass is 16.6. The highest BCUT2D eigenvalue weighted by Gasteiger charge is 2.25. The number of nitrogens with zero attached hydrogens (tertiary/aromatic N) is 4. The topological polar surface area (TPSA) is 101 Å². The van der Waals surface area contributed by atoms with Crippen molar-refractivity contribution < 1.29 is 14.5 Å². The molecule has 1 amide bonds. The van der Waals surface area contributed by atoms with Crippen molar-refractivity contribution in [3.8, 4) is 0 Å². The van der Waals surface area contributed by atoms with E-state index in [1.165, 1.54) is 12.3 Å². The number of nitrogens with one attached hydrogen (secondary N) is 1. The lowest BCUT2D eigenvalue weighted by Crippen LogP contribution is -2.44. The number of rotatable bonds is 6. The monoisotopic (exact) mass is 363 g/mol. The summed E-state index contributed by atoms with van der Waals surface area (Å²) in [6, 6.07) is 3.13. The zero-order valence-corrected chi connectivity index (χ0v) is 14.8. The third-order valence-corrected chi connectivity index (χ3v) is 4.96. The highest BCUT2D eigenvalue weighted by Crippen LogP contribution is 2.23. The van der Waals surface area contributed by atoms with E-state index in [1.54, 1.807) is 6.07 Å². The summed E-state index contributed by atoms with van der Waals surface area (Å²) in [5, 5.41) is 13.7. The minimum absolute atomic E-state index is 0.0109. The van der Waals surface area contributed by atoms with Crippen molar-refractivity contribution in [1.82, 2.24) is 15.2 Å². The Hall–Kier alpha value is -2.26. The summed E-state index contributed by atoms with van der Waals surface area (Å²) in [6.45, 7) is 6.38. The third-order valence-electron chi connectivity index (χ3n) is 4.96. The van der Waals surface area contributed by atoms with Crippen molar-refractivity contribution in [2.75, 3.05) is 57.4 Å². The van der Waals surface area contributed by atoms with Gasteiger partial charge in [-0.2, -0.15) is 0 Å². The average molecular weight is 363 g/mol. The molecule has 9 heteroatoms. The molecule has 0 aliphatic carbocycles. The van der Waals surface area contributed by atoms with Crippen molar-refractivity contribution in [3.63, 3.8) is 0 Å². The molecule has 3 heterocycles. The van der Waals surface area contributed by atoms with Crippen molar-refractivity contribution >= 4 is 17.4 Å². The molecule has 1 aromatic rings. The van der Waals surface area contributed by atoms with Crippen LogP contribution in [0.4, 0.5) is 11.5 Å². The number of piperidine rings is 1. The van der Waals surface area contributed by atoms with E-state index in [-0.39, 0.29) is 17.5 Å². The maximum atomic E-state index is 12.3. The number of carbonyl (C=O) groups is 1. The van der Waals surface area contributed by atoms with Gasteiger partial charge in [0.05, 0.1) is 18.1 Å². The Morgan fingerprint density at radius 1 is 1.27 bits per heavy atom. The molecule has 0 radical (unpaired) electrons. The molecule has 0 unspecified atom stereocenters. The van der Waals surface area contributed by atoms with Crippen LogP contribution in [0.1, 0.15) is 12.8 Å². The molecule has 0 saturated carbocycles. The number of hydrogen-bond donors (Lipinski definition) is 1. The summed E-state index contributed by atoms with van der Waals surface area (Å²) in [4.78, 5) is 31.1. The van der Waals surface area contributed by atoms with Crippen LogP contribution in [0, 0.1) is 16.0 Å². The van der Waals surface area contributed by atoms with Crippen molar-refractivity contribution in [3.05, 3.63) is 28.4 Å². The minimum Gasteiger partial charge on any atom is -0.379 e. The van der Waals surface area contributed by atoms with Crippen LogP contribution in [-0.2, 0) is 9.53 Å². The number of morpholine rings is 1. The van der Waals surface area contributed by atoms with Crippen LogP contribution in [0.2, 0.25) is 0 Å². The quantitative estimate of drug-likeness (QED) is 0.585. The Balaban J connectivity index is 1.39. The minimum atomic E-state index is -0.454. The van der Waals surface area contributed by atoms with E-state index < -0.39 is 4.92 Å². The fourth-order valence-electron chi connectivity index (χ4n) is 3.35. The van der Waals surface area contributed by atoms with Gasteiger partial charge in [-0.25, -0.2) is 4.98 Å². The molecule has 0 bridgehead atoms. The van der Waals surface area contributed by atoms with Gasteiger partial charge >= 0.3 is 0 Å². The zero-order chi connectivity index (χ0) is 18.4. The first-order valence-electron chi connectivity index (χ1n) is 9.06. The third kappa shape index (κ3) is 4.89. The SMILES string of the molecule is O=C(NCCN1CCOCC1)C1CCN(c2ccc([N+](=O)[O-])cn2)CC1. The highest BCUT2D eigenvalue weighted by molar-refractivity contribution is 5.78. The number of anilines is 1. The molecule has 9 nitrogen and oxygen atoms in total. The molecule has 26 heavy (non-hydrogen) atoms. The summed E-state index contributed by atoms with van der Waals surface area (Å²) in [5.74, 6) is 0.866. The zero-order valence-electron chi connectivity index (χ0n) is 14.8. The number of carbonyl (C=O) groups excluding carboxylic acids is 1. The standard InChI is InChI=1S/C17H25N5O4/c23-17(18-5-8-20-9-11-26-12-10-20)14-3-6-21(7-4-14)16-2-1-15(13-19-16)22(24)25/h1-2,13-14H,3-12H2,(H,18,23). The largest absolute Gasteiger partial charge is 0.379 e. The van der Waals surface area contributed by atoms with Gasteiger partial charge in [-0.15, -0.1) is 0 Å². The summed E-state index contributed by atoms with van der Waals surface area (Å²) >= 11 is 0. The first-order valence-corrected chi connectivity index (χ1v) is 9.06. The molecule has 0 spiro atoms. The molecular formula is C17H25N5O4. The van der Waals surface area contributed by atoms with E-state index >= 15 is 0 Å². The second-order valence-electron chi connectivity index (χ2n) is 6.64. The van der Waals surface area contributed by atoms with E-state index in [4.69, 9.17) is 4.74 Å². The van der Waals surface area contributed by atoms with Crippen LogP contribution >= 0.6 is 0 Å². The number of pyridine rings is 1. The summed E-state index contributed by atoms with van der Waals surface area (Å²) in [6.07, 6.45) is 2.81. The second-order valence-corrected chi connectivity index (χ2v) is 6.64. The Bertz CT molecular complexity index is 610. The van der Waals surface area contributed by atoms with Gasteiger partial charge in [0.15, 0.2) is 0 Å². The Kier molecular flexibility index (Phi) is 6.35. The summed E-state index contributed by atoms with van der Waals surface area (Å²) in [5.41, 5.74) is -0.0109. The molecule has 0 atom stereocenters. The fourth-order valence-corrected chi connectivity index (χ4v) is 3.35. The van der Waals surface area contributed by atoms with Gasteiger partial charge in [-0.05, 0) is 18.9 Å². The van der Waals surface area contributed by atoms with E-state index in [2.05, 4.69) is 20.1 Å². The van der Waals surface area contributed by atoms with Crippen LogP contribution in [0.3, 0.4) is 0 Å². The molecule has 142 valence electrons.